The zero-order valence-electron chi connectivity index (χ0n) is 19.2. The van der Waals surface area contributed by atoms with Gasteiger partial charge in [-0.1, -0.05) is 29.8 Å². The maximum Gasteiger partial charge on any atom is 0.246 e. The van der Waals surface area contributed by atoms with Crippen LogP contribution in [0.1, 0.15) is 24.1 Å². The largest absolute Gasteiger partial charge is 0.454 e. The lowest BCUT2D eigenvalue weighted by Gasteiger charge is -2.30. The molecule has 8 nitrogen and oxygen atoms in total. The summed E-state index contributed by atoms with van der Waals surface area (Å²) in [6.07, 6.45) is 4.44. The predicted octanol–water partition coefficient (Wildman–Crippen LogP) is 4.45. The van der Waals surface area contributed by atoms with Gasteiger partial charge < -0.3 is 19.7 Å². The van der Waals surface area contributed by atoms with Crippen LogP contribution in [0.4, 0.5) is 5.69 Å². The number of halogens is 1. The molecular formula is C26H25ClN4O4. The average Bonchev–Trinajstić information content (AvgIpc) is 3.46. The van der Waals surface area contributed by atoms with Gasteiger partial charge in [-0.3, -0.25) is 9.59 Å². The highest BCUT2D eigenvalue weighted by molar-refractivity contribution is 6.31. The van der Waals surface area contributed by atoms with Crippen LogP contribution in [-0.2, 0) is 9.59 Å². The molecule has 9 heteroatoms. The van der Waals surface area contributed by atoms with Crippen LogP contribution in [0, 0.1) is 12.8 Å². The SMILES string of the molecule is Cc1nn(-c2ccccc2)c(Cl)c1/C=C/C(=O)N1CCC(C(=O)Nc2ccc3c(c2)OCO3)CC1. The van der Waals surface area contributed by atoms with Crippen molar-refractivity contribution < 1.29 is 19.1 Å². The first-order chi connectivity index (χ1) is 17.0. The number of carbonyl (C=O) groups excluding carboxylic acids is 2. The van der Waals surface area contributed by atoms with Crippen molar-refractivity contribution in [3.8, 4) is 17.2 Å². The van der Waals surface area contributed by atoms with Crippen LogP contribution in [0.15, 0.2) is 54.6 Å². The molecule has 0 aliphatic carbocycles. The number of nitrogens with zero attached hydrogens (tertiary/aromatic N) is 3. The van der Waals surface area contributed by atoms with E-state index in [-0.39, 0.29) is 24.5 Å². The summed E-state index contributed by atoms with van der Waals surface area (Å²) in [7, 11) is 0. The van der Waals surface area contributed by atoms with E-state index in [0.717, 1.165) is 11.4 Å². The van der Waals surface area contributed by atoms with Crippen LogP contribution >= 0.6 is 11.6 Å². The summed E-state index contributed by atoms with van der Waals surface area (Å²) in [5.41, 5.74) is 2.97. The number of benzene rings is 2. The molecular weight excluding hydrogens is 468 g/mol. The molecule has 5 rings (SSSR count). The van der Waals surface area contributed by atoms with Gasteiger partial charge in [0.25, 0.3) is 0 Å². The molecule has 3 heterocycles. The molecule has 3 aromatic rings. The molecule has 0 atom stereocenters. The molecule has 0 spiro atoms. The molecule has 0 saturated carbocycles. The van der Waals surface area contributed by atoms with Crippen LogP contribution in [0.5, 0.6) is 11.5 Å². The average molecular weight is 493 g/mol. The number of anilines is 1. The lowest BCUT2D eigenvalue weighted by atomic mass is 9.95. The van der Waals surface area contributed by atoms with E-state index in [1.807, 2.05) is 37.3 Å². The molecule has 1 N–H and O–H groups in total. The number of rotatable bonds is 5. The molecule has 0 bridgehead atoms. The number of likely N-dealkylation sites (tertiary alicyclic amines) is 1. The Morgan fingerprint density at radius 3 is 2.60 bits per heavy atom. The zero-order chi connectivity index (χ0) is 24.4. The summed E-state index contributed by atoms with van der Waals surface area (Å²) in [5.74, 6) is 0.977. The van der Waals surface area contributed by atoms with Crippen molar-refractivity contribution in [2.45, 2.75) is 19.8 Å². The third-order valence-corrected chi connectivity index (χ3v) is 6.62. The van der Waals surface area contributed by atoms with E-state index in [1.165, 1.54) is 6.08 Å². The highest BCUT2D eigenvalue weighted by Gasteiger charge is 2.27. The minimum absolute atomic E-state index is 0.0535. The van der Waals surface area contributed by atoms with Crippen LogP contribution in [0.2, 0.25) is 5.15 Å². The van der Waals surface area contributed by atoms with E-state index in [1.54, 1.807) is 33.9 Å². The lowest BCUT2D eigenvalue weighted by molar-refractivity contribution is -0.130. The van der Waals surface area contributed by atoms with Crippen LogP contribution < -0.4 is 14.8 Å². The standard InChI is InChI=1S/C26H25ClN4O4/c1-17-21(25(27)31(29-17)20-5-3-2-4-6-20)8-10-24(32)30-13-11-18(12-14-30)26(33)28-19-7-9-22-23(15-19)35-16-34-22/h2-10,15,18H,11-14,16H2,1H3,(H,28,33)/b10-8+. The maximum absolute atomic E-state index is 12.8. The van der Waals surface area contributed by atoms with Crippen molar-refractivity contribution >= 4 is 35.2 Å². The van der Waals surface area contributed by atoms with Gasteiger partial charge >= 0.3 is 0 Å². The van der Waals surface area contributed by atoms with Crippen molar-refractivity contribution in [2.75, 3.05) is 25.2 Å². The van der Waals surface area contributed by atoms with E-state index < -0.39 is 0 Å². The van der Waals surface area contributed by atoms with Gasteiger partial charge in [-0.2, -0.15) is 5.10 Å². The maximum atomic E-state index is 12.8. The Hall–Kier alpha value is -3.78. The monoisotopic (exact) mass is 492 g/mol. The summed E-state index contributed by atoms with van der Waals surface area (Å²) < 4.78 is 12.3. The number of fused-ring (bicyclic) bond motifs is 1. The number of piperidine rings is 1. The summed E-state index contributed by atoms with van der Waals surface area (Å²) in [4.78, 5) is 27.3. The van der Waals surface area contributed by atoms with Gasteiger partial charge in [-0.05, 0) is 50.1 Å². The van der Waals surface area contributed by atoms with Crippen molar-refractivity contribution in [1.82, 2.24) is 14.7 Å². The first-order valence-electron chi connectivity index (χ1n) is 11.5. The third kappa shape index (κ3) is 4.88. The number of amides is 2. The number of nitrogens with one attached hydrogen (secondary N) is 1. The van der Waals surface area contributed by atoms with E-state index in [0.29, 0.717) is 53.8 Å². The highest BCUT2D eigenvalue weighted by Crippen LogP contribution is 2.34. The molecule has 0 unspecified atom stereocenters. The zero-order valence-corrected chi connectivity index (χ0v) is 20.0. The Bertz CT molecular complexity index is 1280. The summed E-state index contributed by atoms with van der Waals surface area (Å²) >= 11 is 6.55. The van der Waals surface area contributed by atoms with Gasteiger partial charge in [0, 0.05) is 42.4 Å². The quantitative estimate of drug-likeness (QED) is 0.532. The second-order valence-electron chi connectivity index (χ2n) is 8.53. The van der Waals surface area contributed by atoms with E-state index in [4.69, 9.17) is 21.1 Å². The molecule has 0 radical (unpaired) electrons. The molecule has 2 aliphatic rings. The minimum Gasteiger partial charge on any atom is -0.454 e. The Morgan fingerprint density at radius 2 is 1.83 bits per heavy atom. The molecule has 35 heavy (non-hydrogen) atoms. The molecule has 2 amide bonds. The number of ether oxygens (including phenoxy) is 2. The fourth-order valence-electron chi connectivity index (χ4n) is 4.28. The number of para-hydroxylation sites is 1. The highest BCUT2D eigenvalue weighted by atomic mass is 35.5. The Labute approximate surface area is 208 Å². The molecule has 1 aromatic heterocycles. The number of carbonyl (C=O) groups is 2. The third-order valence-electron chi connectivity index (χ3n) is 6.26. The molecule has 2 aromatic carbocycles. The number of hydrogen-bond donors (Lipinski definition) is 1. The Balaban J connectivity index is 1.17. The van der Waals surface area contributed by atoms with Crippen LogP contribution in [-0.4, -0.2) is 46.4 Å². The smallest absolute Gasteiger partial charge is 0.246 e. The molecule has 2 aliphatic heterocycles. The first-order valence-corrected chi connectivity index (χ1v) is 11.9. The fourth-order valence-corrected chi connectivity index (χ4v) is 4.62. The number of aromatic nitrogens is 2. The fraction of sp³-hybridized carbons (Fsp3) is 0.269. The Kier molecular flexibility index (Phi) is 6.46. The van der Waals surface area contributed by atoms with Crippen molar-refractivity contribution in [3.63, 3.8) is 0 Å². The van der Waals surface area contributed by atoms with Gasteiger partial charge in [0.15, 0.2) is 11.5 Å². The lowest BCUT2D eigenvalue weighted by Crippen LogP contribution is -2.40. The number of hydrogen-bond acceptors (Lipinski definition) is 5. The van der Waals surface area contributed by atoms with Crippen molar-refractivity contribution in [2.24, 2.45) is 5.92 Å². The summed E-state index contributed by atoms with van der Waals surface area (Å²) in [6, 6.07) is 14.9. The van der Waals surface area contributed by atoms with Crippen LogP contribution in [0.3, 0.4) is 0 Å². The first kappa shape index (κ1) is 23.0. The van der Waals surface area contributed by atoms with Gasteiger partial charge in [0.05, 0.1) is 11.4 Å². The van der Waals surface area contributed by atoms with E-state index in [9.17, 15) is 9.59 Å². The van der Waals surface area contributed by atoms with E-state index in [2.05, 4.69) is 10.4 Å². The van der Waals surface area contributed by atoms with Gasteiger partial charge in [-0.25, -0.2) is 4.68 Å². The Morgan fingerprint density at radius 1 is 1.09 bits per heavy atom. The van der Waals surface area contributed by atoms with Gasteiger partial charge in [0.1, 0.15) is 5.15 Å². The summed E-state index contributed by atoms with van der Waals surface area (Å²) in [6.45, 7) is 3.07. The van der Waals surface area contributed by atoms with Gasteiger partial charge in [0.2, 0.25) is 18.6 Å². The number of aryl methyl sites for hydroxylation is 1. The van der Waals surface area contributed by atoms with E-state index >= 15 is 0 Å². The van der Waals surface area contributed by atoms with Crippen LogP contribution in [0.25, 0.3) is 11.8 Å². The second-order valence-corrected chi connectivity index (χ2v) is 8.89. The predicted molar refractivity (Wildman–Crippen MR) is 133 cm³/mol. The van der Waals surface area contributed by atoms with Gasteiger partial charge in [-0.15, -0.1) is 0 Å². The molecule has 1 fully saturated rings. The normalized spacial score (nSPS) is 15.5. The summed E-state index contributed by atoms with van der Waals surface area (Å²) in [5, 5.41) is 7.90. The van der Waals surface area contributed by atoms with Crippen molar-refractivity contribution in [1.29, 1.82) is 0 Å². The second kappa shape index (κ2) is 9.84. The molecule has 180 valence electrons. The topological polar surface area (TPSA) is 85.7 Å². The minimum atomic E-state index is -0.158. The van der Waals surface area contributed by atoms with Crippen molar-refractivity contribution in [3.05, 3.63) is 71.0 Å². The molecule has 1 saturated heterocycles.